The zero-order chi connectivity index (χ0) is 15.5. The van der Waals surface area contributed by atoms with Gasteiger partial charge in [0.05, 0.1) is 10.8 Å². The fraction of sp³-hybridized carbons (Fsp3) is 0.231. The molecule has 1 amide bonds. The summed E-state index contributed by atoms with van der Waals surface area (Å²) >= 11 is 6.04. The van der Waals surface area contributed by atoms with E-state index in [4.69, 9.17) is 16.0 Å². The highest BCUT2D eigenvalue weighted by molar-refractivity contribution is 7.90. The summed E-state index contributed by atoms with van der Waals surface area (Å²) in [5.74, 6) is -0.852. The van der Waals surface area contributed by atoms with Crippen molar-refractivity contribution in [1.82, 2.24) is 9.71 Å². The van der Waals surface area contributed by atoms with E-state index in [-0.39, 0.29) is 17.2 Å². The van der Waals surface area contributed by atoms with Gasteiger partial charge in [-0.05, 0) is 18.6 Å². The first kappa shape index (κ1) is 15.5. The van der Waals surface area contributed by atoms with Crippen molar-refractivity contribution in [3.8, 4) is 11.3 Å². The highest BCUT2D eigenvalue weighted by atomic mass is 35.5. The maximum Gasteiger partial charge on any atom is 0.287 e. The second-order valence-electron chi connectivity index (χ2n) is 4.26. The number of nitrogens with zero attached hydrogens (tertiary/aromatic N) is 1. The van der Waals surface area contributed by atoms with Gasteiger partial charge in [0.25, 0.3) is 5.91 Å². The van der Waals surface area contributed by atoms with Crippen LogP contribution in [0.5, 0.6) is 0 Å². The first-order chi connectivity index (χ1) is 9.94. The Bertz CT molecular complexity index is 755. The maximum atomic E-state index is 12.0. The Hall–Kier alpha value is -1.86. The van der Waals surface area contributed by atoms with Crippen LogP contribution in [0.15, 0.2) is 35.1 Å². The molecule has 0 spiro atoms. The van der Waals surface area contributed by atoms with Crippen LogP contribution in [0.2, 0.25) is 5.02 Å². The van der Waals surface area contributed by atoms with Crippen LogP contribution >= 0.6 is 11.6 Å². The molecule has 0 saturated carbocycles. The summed E-state index contributed by atoms with van der Waals surface area (Å²) in [6, 6.07) is 6.74. The van der Waals surface area contributed by atoms with Gasteiger partial charge in [-0.15, -0.1) is 0 Å². The summed E-state index contributed by atoms with van der Waals surface area (Å²) < 4.78 is 30.4. The molecule has 2 rings (SSSR count). The number of aromatic nitrogens is 1. The molecule has 1 aromatic heterocycles. The van der Waals surface area contributed by atoms with Crippen molar-refractivity contribution >= 4 is 27.5 Å². The standard InChI is InChI=1S/C13H13ClN2O4S/c1-2-7-21(18,19)16-13(17)11-12(20-8-15-11)9-5-3-4-6-10(9)14/h3-6,8H,2,7H2,1H3,(H,16,17). The summed E-state index contributed by atoms with van der Waals surface area (Å²) in [6.07, 6.45) is 1.47. The summed E-state index contributed by atoms with van der Waals surface area (Å²) in [7, 11) is -3.68. The monoisotopic (exact) mass is 328 g/mol. The summed E-state index contributed by atoms with van der Waals surface area (Å²) in [5.41, 5.74) is 0.345. The molecule has 0 bridgehead atoms. The zero-order valence-electron chi connectivity index (χ0n) is 11.2. The third-order valence-electron chi connectivity index (χ3n) is 2.62. The lowest BCUT2D eigenvalue weighted by Crippen LogP contribution is -2.32. The van der Waals surface area contributed by atoms with Gasteiger partial charge in [-0.3, -0.25) is 4.79 Å². The Kier molecular flexibility index (Phi) is 4.64. The van der Waals surface area contributed by atoms with Crippen LogP contribution in [0.3, 0.4) is 0 Å². The summed E-state index contributed by atoms with van der Waals surface area (Å²) in [6.45, 7) is 1.70. The van der Waals surface area contributed by atoms with Crippen LogP contribution in [-0.2, 0) is 10.0 Å². The van der Waals surface area contributed by atoms with Gasteiger partial charge in [0.2, 0.25) is 10.0 Å². The lowest BCUT2D eigenvalue weighted by atomic mass is 10.1. The molecule has 0 atom stereocenters. The van der Waals surface area contributed by atoms with Crippen LogP contribution in [-0.4, -0.2) is 25.1 Å². The van der Waals surface area contributed by atoms with Crippen molar-refractivity contribution < 1.29 is 17.6 Å². The first-order valence-electron chi connectivity index (χ1n) is 6.18. The van der Waals surface area contributed by atoms with Crippen LogP contribution in [0, 0.1) is 0 Å². The number of hydrogen-bond donors (Lipinski definition) is 1. The number of halogens is 1. The van der Waals surface area contributed by atoms with E-state index in [0.29, 0.717) is 17.0 Å². The molecular weight excluding hydrogens is 316 g/mol. The molecule has 21 heavy (non-hydrogen) atoms. The minimum atomic E-state index is -3.68. The van der Waals surface area contributed by atoms with E-state index in [1.165, 1.54) is 0 Å². The fourth-order valence-electron chi connectivity index (χ4n) is 1.75. The van der Waals surface area contributed by atoms with Gasteiger partial charge in [0.1, 0.15) is 0 Å². The molecule has 1 aromatic carbocycles. The van der Waals surface area contributed by atoms with Gasteiger partial charge in [-0.25, -0.2) is 18.1 Å². The predicted molar refractivity (Wildman–Crippen MR) is 78.5 cm³/mol. The number of amides is 1. The molecular formula is C13H13ClN2O4S. The number of benzene rings is 1. The van der Waals surface area contributed by atoms with E-state index >= 15 is 0 Å². The Labute approximate surface area is 127 Å². The van der Waals surface area contributed by atoms with Crippen LogP contribution in [0.4, 0.5) is 0 Å². The number of carbonyl (C=O) groups is 1. The maximum absolute atomic E-state index is 12.0. The number of nitrogens with one attached hydrogen (secondary N) is 1. The smallest absolute Gasteiger partial charge is 0.287 e. The molecule has 112 valence electrons. The minimum Gasteiger partial charge on any atom is -0.443 e. The van der Waals surface area contributed by atoms with Crippen LogP contribution in [0.25, 0.3) is 11.3 Å². The Morgan fingerprint density at radius 2 is 2.10 bits per heavy atom. The molecule has 1 heterocycles. The second kappa shape index (κ2) is 6.28. The number of oxazole rings is 1. The molecule has 0 aliphatic carbocycles. The summed E-state index contributed by atoms with van der Waals surface area (Å²) in [5, 5.41) is 0.375. The molecule has 6 nitrogen and oxygen atoms in total. The first-order valence-corrected chi connectivity index (χ1v) is 8.21. The van der Waals surface area contributed by atoms with Crippen LogP contribution in [0.1, 0.15) is 23.8 Å². The lowest BCUT2D eigenvalue weighted by molar-refractivity contribution is 0.0977. The van der Waals surface area contributed by atoms with Gasteiger partial charge in [0.15, 0.2) is 17.8 Å². The third kappa shape index (κ3) is 3.62. The van der Waals surface area contributed by atoms with E-state index in [1.54, 1.807) is 31.2 Å². The number of hydrogen-bond acceptors (Lipinski definition) is 5. The molecule has 1 N–H and O–H groups in total. The van der Waals surface area contributed by atoms with Gasteiger partial charge >= 0.3 is 0 Å². The quantitative estimate of drug-likeness (QED) is 0.910. The van der Waals surface area contributed by atoms with Gasteiger partial charge in [-0.1, -0.05) is 30.7 Å². The fourth-order valence-corrected chi connectivity index (χ4v) is 2.99. The minimum absolute atomic E-state index is 0.122. The third-order valence-corrected chi connectivity index (χ3v) is 4.39. The van der Waals surface area contributed by atoms with Gasteiger partial charge < -0.3 is 4.42 Å². The predicted octanol–water partition coefficient (Wildman–Crippen LogP) is 2.46. The SMILES string of the molecule is CCCS(=O)(=O)NC(=O)c1ncoc1-c1ccccc1Cl. The largest absolute Gasteiger partial charge is 0.443 e. The summed E-state index contributed by atoms with van der Waals surface area (Å²) in [4.78, 5) is 15.8. The number of carbonyl (C=O) groups excluding carboxylic acids is 1. The van der Waals surface area contributed by atoms with Crippen molar-refractivity contribution in [1.29, 1.82) is 0 Å². The van der Waals surface area contributed by atoms with E-state index < -0.39 is 15.9 Å². The molecule has 0 radical (unpaired) electrons. The van der Waals surface area contributed by atoms with E-state index in [2.05, 4.69) is 4.98 Å². The van der Waals surface area contributed by atoms with Gasteiger partial charge in [-0.2, -0.15) is 0 Å². The van der Waals surface area contributed by atoms with Crippen molar-refractivity contribution in [2.75, 3.05) is 5.75 Å². The molecule has 2 aromatic rings. The average Bonchev–Trinajstić information content (AvgIpc) is 2.87. The highest BCUT2D eigenvalue weighted by Gasteiger charge is 2.23. The number of rotatable bonds is 5. The molecule has 0 unspecified atom stereocenters. The zero-order valence-corrected chi connectivity index (χ0v) is 12.7. The molecule has 0 fully saturated rings. The van der Waals surface area contributed by atoms with E-state index in [0.717, 1.165) is 6.39 Å². The van der Waals surface area contributed by atoms with Crippen molar-refractivity contribution in [3.05, 3.63) is 41.4 Å². The van der Waals surface area contributed by atoms with Crippen molar-refractivity contribution in [2.45, 2.75) is 13.3 Å². The Morgan fingerprint density at radius 3 is 2.76 bits per heavy atom. The Morgan fingerprint density at radius 1 is 1.38 bits per heavy atom. The van der Waals surface area contributed by atoms with Crippen LogP contribution < -0.4 is 4.72 Å². The second-order valence-corrected chi connectivity index (χ2v) is 6.51. The average molecular weight is 329 g/mol. The van der Waals surface area contributed by atoms with Gasteiger partial charge in [0, 0.05) is 5.56 Å². The number of sulfonamides is 1. The molecule has 8 heteroatoms. The van der Waals surface area contributed by atoms with Crippen molar-refractivity contribution in [2.24, 2.45) is 0 Å². The highest BCUT2D eigenvalue weighted by Crippen LogP contribution is 2.29. The molecule has 0 aliphatic heterocycles. The van der Waals surface area contributed by atoms with E-state index in [1.807, 2.05) is 4.72 Å². The van der Waals surface area contributed by atoms with Crippen molar-refractivity contribution in [3.63, 3.8) is 0 Å². The molecule has 0 saturated heterocycles. The van der Waals surface area contributed by atoms with E-state index in [9.17, 15) is 13.2 Å². The lowest BCUT2D eigenvalue weighted by Gasteiger charge is -2.05. The normalized spacial score (nSPS) is 11.3. The topological polar surface area (TPSA) is 89.3 Å². The Balaban J connectivity index is 2.33. The molecule has 0 aliphatic rings.